The van der Waals surface area contributed by atoms with E-state index in [0.717, 1.165) is 15.0 Å². The zero-order valence-corrected chi connectivity index (χ0v) is 15.4. The van der Waals surface area contributed by atoms with Gasteiger partial charge in [-0.05, 0) is 40.8 Å². The van der Waals surface area contributed by atoms with Gasteiger partial charge in [0.25, 0.3) is 0 Å². The van der Waals surface area contributed by atoms with E-state index in [1.165, 1.54) is 6.07 Å². The van der Waals surface area contributed by atoms with Crippen molar-refractivity contribution in [1.82, 2.24) is 0 Å². The van der Waals surface area contributed by atoms with Crippen LogP contribution in [0, 0.1) is 5.82 Å². The molecule has 1 aliphatic heterocycles. The molecule has 27 heavy (non-hydrogen) atoms. The standard InChI is InChI=1S/C21H21FO4S/c22-17-6-5-13(21-20(25)18(24)10-15(11-23)26-21)7-14(17)9-16-8-12-3-1-2-4-19(12)27-16/h1-8,15,18,20-21,23-25H,9-11H2/t15-,18-,20+,21-/m0/s1. The second-order valence-electron chi connectivity index (χ2n) is 6.93. The summed E-state index contributed by atoms with van der Waals surface area (Å²) < 4.78 is 21.3. The van der Waals surface area contributed by atoms with Crippen LogP contribution in [-0.4, -0.2) is 40.2 Å². The lowest BCUT2D eigenvalue weighted by Crippen LogP contribution is -2.44. The highest BCUT2D eigenvalue weighted by Crippen LogP contribution is 2.34. The van der Waals surface area contributed by atoms with Crippen LogP contribution in [0.3, 0.4) is 0 Å². The van der Waals surface area contributed by atoms with Crippen LogP contribution in [0.4, 0.5) is 4.39 Å². The van der Waals surface area contributed by atoms with Crippen LogP contribution >= 0.6 is 11.3 Å². The van der Waals surface area contributed by atoms with Gasteiger partial charge in [-0.25, -0.2) is 4.39 Å². The molecule has 0 unspecified atom stereocenters. The number of rotatable bonds is 4. The van der Waals surface area contributed by atoms with Crippen molar-refractivity contribution in [2.24, 2.45) is 0 Å². The van der Waals surface area contributed by atoms with E-state index in [9.17, 15) is 19.7 Å². The number of hydrogen-bond acceptors (Lipinski definition) is 5. The molecule has 1 fully saturated rings. The summed E-state index contributed by atoms with van der Waals surface area (Å²) in [6.07, 6.45) is -2.85. The van der Waals surface area contributed by atoms with Crippen molar-refractivity contribution in [1.29, 1.82) is 0 Å². The zero-order chi connectivity index (χ0) is 19.0. The molecular weight excluding hydrogens is 367 g/mol. The molecule has 4 rings (SSSR count). The molecule has 0 radical (unpaired) electrons. The van der Waals surface area contributed by atoms with E-state index >= 15 is 0 Å². The van der Waals surface area contributed by atoms with Crippen molar-refractivity contribution < 1.29 is 24.4 Å². The van der Waals surface area contributed by atoms with Gasteiger partial charge in [0.15, 0.2) is 0 Å². The average Bonchev–Trinajstić information content (AvgIpc) is 3.08. The quantitative estimate of drug-likeness (QED) is 0.642. The maximum Gasteiger partial charge on any atom is 0.126 e. The molecule has 1 saturated heterocycles. The summed E-state index contributed by atoms with van der Waals surface area (Å²) in [5, 5.41) is 30.8. The summed E-state index contributed by atoms with van der Waals surface area (Å²) >= 11 is 1.63. The summed E-state index contributed by atoms with van der Waals surface area (Å²) in [4.78, 5) is 1.05. The molecular formula is C21H21FO4S. The van der Waals surface area contributed by atoms with E-state index in [1.807, 2.05) is 24.3 Å². The first-order valence-corrected chi connectivity index (χ1v) is 9.75. The summed E-state index contributed by atoms with van der Waals surface area (Å²) in [5.74, 6) is -0.319. The summed E-state index contributed by atoms with van der Waals surface area (Å²) in [6.45, 7) is -0.240. The Labute approximate surface area is 160 Å². The van der Waals surface area contributed by atoms with E-state index in [0.29, 0.717) is 17.5 Å². The van der Waals surface area contributed by atoms with Crippen LogP contribution in [0.25, 0.3) is 10.1 Å². The Balaban J connectivity index is 1.62. The molecule has 2 heterocycles. The molecule has 3 aromatic rings. The number of aliphatic hydroxyl groups excluding tert-OH is 3. The van der Waals surface area contributed by atoms with E-state index < -0.39 is 24.4 Å². The van der Waals surface area contributed by atoms with Crippen molar-refractivity contribution in [2.75, 3.05) is 6.61 Å². The van der Waals surface area contributed by atoms with Crippen LogP contribution in [0.1, 0.15) is 28.5 Å². The molecule has 142 valence electrons. The molecule has 3 N–H and O–H groups in total. The lowest BCUT2D eigenvalue weighted by atomic mass is 9.92. The second-order valence-corrected chi connectivity index (χ2v) is 8.10. The van der Waals surface area contributed by atoms with Gasteiger partial charge in [-0.2, -0.15) is 0 Å². The molecule has 2 aromatic carbocycles. The predicted molar refractivity (Wildman–Crippen MR) is 102 cm³/mol. The number of halogens is 1. The SMILES string of the molecule is OC[C@@H]1C[C@H](O)[C@@H](O)[C@H](c2ccc(F)c(Cc3cc4ccccc4s3)c2)O1. The minimum absolute atomic E-state index is 0.171. The first-order valence-electron chi connectivity index (χ1n) is 8.93. The van der Waals surface area contributed by atoms with Gasteiger partial charge in [-0.1, -0.05) is 24.3 Å². The van der Waals surface area contributed by atoms with Crippen LogP contribution in [-0.2, 0) is 11.2 Å². The lowest BCUT2D eigenvalue weighted by molar-refractivity contribution is -0.179. The number of benzene rings is 2. The minimum Gasteiger partial charge on any atom is -0.394 e. The normalized spacial score (nSPS) is 25.8. The number of aliphatic hydroxyl groups is 3. The highest BCUT2D eigenvalue weighted by molar-refractivity contribution is 7.19. The molecule has 0 amide bonds. The van der Waals surface area contributed by atoms with Crippen molar-refractivity contribution in [3.63, 3.8) is 0 Å². The van der Waals surface area contributed by atoms with Gasteiger partial charge in [-0.3, -0.25) is 0 Å². The Morgan fingerprint density at radius 2 is 1.93 bits per heavy atom. The van der Waals surface area contributed by atoms with Crippen molar-refractivity contribution in [3.05, 3.63) is 70.4 Å². The van der Waals surface area contributed by atoms with Gasteiger partial charge in [0.2, 0.25) is 0 Å². The Hall–Kier alpha value is -1.83. The van der Waals surface area contributed by atoms with Gasteiger partial charge in [-0.15, -0.1) is 11.3 Å². The van der Waals surface area contributed by atoms with Gasteiger partial charge >= 0.3 is 0 Å². The van der Waals surface area contributed by atoms with Crippen LogP contribution in [0.2, 0.25) is 0 Å². The van der Waals surface area contributed by atoms with E-state index in [2.05, 4.69) is 6.07 Å². The largest absolute Gasteiger partial charge is 0.394 e. The molecule has 4 atom stereocenters. The van der Waals surface area contributed by atoms with Crippen LogP contribution in [0.15, 0.2) is 48.5 Å². The zero-order valence-electron chi connectivity index (χ0n) is 14.6. The van der Waals surface area contributed by atoms with Gasteiger partial charge in [0.1, 0.15) is 18.0 Å². The highest BCUT2D eigenvalue weighted by atomic mass is 32.1. The van der Waals surface area contributed by atoms with Crippen LogP contribution in [0.5, 0.6) is 0 Å². The smallest absolute Gasteiger partial charge is 0.126 e. The topological polar surface area (TPSA) is 69.9 Å². The maximum atomic E-state index is 14.4. The first kappa shape index (κ1) is 18.5. The fourth-order valence-corrected chi connectivity index (χ4v) is 4.65. The summed E-state index contributed by atoms with van der Waals surface area (Å²) in [6, 6.07) is 14.7. The van der Waals surface area contributed by atoms with Gasteiger partial charge < -0.3 is 20.1 Å². The Bertz CT molecular complexity index is 908. The highest BCUT2D eigenvalue weighted by Gasteiger charge is 2.37. The first-order chi connectivity index (χ1) is 13.0. The third-order valence-corrected chi connectivity index (χ3v) is 6.11. The Morgan fingerprint density at radius 1 is 1.11 bits per heavy atom. The molecule has 4 nitrogen and oxygen atoms in total. The van der Waals surface area contributed by atoms with Crippen LogP contribution < -0.4 is 0 Å². The van der Waals surface area contributed by atoms with E-state index in [4.69, 9.17) is 4.74 Å². The minimum atomic E-state index is -1.12. The number of hydrogen-bond donors (Lipinski definition) is 3. The average molecular weight is 388 g/mol. The van der Waals surface area contributed by atoms with Gasteiger partial charge in [0.05, 0.1) is 18.8 Å². The second kappa shape index (κ2) is 7.66. The van der Waals surface area contributed by atoms with Crippen molar-refractivity contribution >= 4 is 21.4 Å². The molecule has 1 aromatic heterocycles. The Morgan fingerprint density at radius 3 is 2.70 bits per heavy atom. The monoisotopic (exact) mass is 388 g/mol. The van der Waals surface area contributed by atoms with Gasteiger partial charge in [0, 0.05) is 22.4 Å². The summed E-state index contributed by atoms with van der Waals surface area (Å²) in [5.41, 5.74) is 1.10. The lowest BCUT2D eigenvalue weighted by Gasteiger charge is -2.37. The molecule has 0 saturated carbocycles. The molecule has 6 heteroatoms. The van der Waals surface area contributed by atoms with Crippen molar-refractivity contribution in [3.8, 4) is 0 Å². The third-order valence-electron chi connectivity index (χ3n) is 4.99. The van der Waals surface area contributed by atoms with E-state index in [-0.39, 0.29) is 18.8 Å². The third kappa shape index (κ3) is 3.77. The molecule has 0 aliphatic carbocycles. The number of fused-ring (bicyclic) bond motifs is 1. The number of thiophene rings is 1. The molecule has 0 spiro atoms. The number of ether oxygens (including phenoxy) is 1. The fraction of sp³-hybridized carbons (Fsp3) is 0.333. The fourth-order valence-electron chi connectivity index (χ4n) is 3.57. The maximum absolute atomic E-state index is 14.4. The van der Waals surface area contributed by atoms with E-state index in [1.54, 1.807) is 23.5 Å². The predicted octanol–water partition coefficient (Wildman–Crippen LogP) is 3.18. The molecule has 0 bridgehead atoms. The van der Waals surface area contributed by atoms with Crippen molar-refractivity contribution in [2.45, 2.75) is 37.3 Å². The Kier molecular flexibility index (Phi) is 5.25. The summed E-state index contributed by atoms with van der Waals surface area (Å²) in [7, 11) is 0. The molecule has 1 aliphatic rings.